The first-order chi connectivity index (χ1) is 6.96. The van der Waals surface area contributed by atoms with Crippen LogP contribution in [0.4, 0.5) is 8.78 Å². The Balaban J connectivity index is 2.55. The molecule has 0 bridgehead atoms. The number of alkyl halides is 2. The molecular weight excluding hydrogens is 274 g/mol. The second kappa shape index (κ2) is 4.71. The van der Waals surface area contributed by atoms with E-state index < -0.39 is 24.9 Å². The number of furan rings is 1. The molecule has 84 valence electrons. The molecule has 1 rings (SSSR count). The molecule has 0 saturated carbocycles. The van der Waals surface area contributed by atoms with Crippen molar-refractivity contribution < 1.29 is 18.0 Å². The first kappa shape index (κ1) is 12.1. The highest BCUT2D eigenvalue weighted by Crippen LogP contribution is 2.17. The molecule has 0 unspecified atom stereocenters. The predicted octanol–water partition coefficient (Wildman–Crippen LogP) is 1.37. The Bertz CT molecular complexity index is 354. The molecule has 0 spiro atoms. The molecule has 0 radical (unpaired) electrons. The summed E-state index contributed by atoms with van der Waals surface area (Å²) in [5.74, 6) is -3.73. The Hall–Kier alpha value is -0.950. The summed E-state index contributed by atoms with van der Waals surface area (Å²) in [6, 6.07) is 1.38. The molecular formula is C8H9BrF2N2O2. The fourth-order valence-corrected chi connectivity index (χ4v) is 1.25. The second-order valence-electron chi connectivity index (χ2n) is 2.85. The molecule has 0 aliphatic heterocycles. The van der Waals surface area contributed by atoms with Crippen molar-refractivity contribution in [3.05, 3.63) is 22.6 Å². The van der Waals surface area contributed by atoms with Gasteiger partial charge in [-0.1, -0.05) is 0 Å². The van der Waals surface area contributed by atoms with E-state index in [1.807, 2.05) is 0 Å². The van der Waals surface area contributed by atoms with Crippen molar-refractivity contribution in [1.82, 2.24) is 5.32 Å². The minimum Gasteiger partial charge on any atom is -0.457 e. The third-order valence-electron chi connectivity index (χ3n) is 1.67. The van der Waals surface area contributed by atoms with Crippen molar-refractivity contribution >= 4 is 21.8 Å². The third kappa shape index (κ3) is 3.28. The van der Waals surface area contributed by atoms with Gasteiger partial charge in [-0.2, -0.15) is 0 Å². The smallest absolute Gasteiger partial charge is 0.277 e. The molecule has 0 aliphatic rings. The molecule has 0 saturated heterocycles. The number of hydrogen-bond acceptors (Lipinski definition) is 3. The van der Waals surface area contributed by atoms with Crippen LogP contribution in [0.3, 0.4) is 0 Å². The molecule has 0 aliphatic carbocycles. The summed E-state index contributed by atoms with van der Waals surface area (Å²) < 4.78 is 30.4. The molecule has 0 aromatic carbocycles. The van der Waals surface area contributed by atoms with Crippen LogP contribution < -0.4 is 11.1 Å². The van der Waals surface area contributed by atoms with Crippen LogP contribution in [-0.2, 0) is 0 Å². The van der Waals surface area contributed by atoms with E-state index in [4.69, 9.17) is 10.2 Å². The van der Waals surface area contributed by atoms with Gasteiger partial charge in [-0.25, -0.2) is 8.78 Å². The topological polar surface area (TPSA) is 68.3 Å². The largest absolute Gasteiger partial charge is 0.457 e. The van der Waals surface area contributed by atoms with E-state index >= 15 is 0 Å². The van der Waals surface area contributed by atoms with Crippen LogP contribution in [0.15, 0.2) is 21.4 Å². The predicted molar refractivity (Wildman–Crippen MR) is 52.7 cm³/mol. The number of halogens is 3. The van der Waals surface area contributed by atoms with E-state index in [9.17, 15) is 13.6 Å². The van der Waals surface area contributed by atoms with Crippen LogP contribution in [0.2, 0.25) is 0 Å². The average Bonchev–Trinajstić information content (AvgIpc) is 2.61. The second-order valence-corrected chi connectivity index (χ2v) is 3.57. The van der Waals surface area contributed by atoms with Crippen LogP contribution in [0.25, 0.3) is 0 Å². The van der Waals surface area contributed by atoms with Gasteiger partial charge in [0, 0.05) is 0 Å². The maximum atomic E-state index is 12.7. The number of hydrogen-bond donors (Lipinski definition) is 2. The lowest BCUT2D eigenvalue weighted by molar-refractivity contribution is 0.0118. The Morgan fingerprint density at radius 2 is 2.33 bits per heavy atom. The summed E-state index contributed by atoms with van der Waals surface area (Å²) in [5, 5.41) is 2.06. The standard InChI is InChI=1S/C8H9BrF2N2O2/c9-6-5(1-2-15-6)7(14)13-4-8(10,11)3-12/h1-2H,3-4,12H2,(H,13,14). The van der Waals surface area contributed by atoms with Crippen LogP contribution in [0, 0.1) is 0 Å². The van der Waals surface area contributed by atoms with Crippen LogP contribution in [0.5, 0.6) is 0 Å². The van der Waals surface area contributed by atoms with Gasteiger partial charge >= 0.3 is 0 Å². The Labute approximate surface area is 92.9 Å². The summed E-state index contributed by atoms with van der Waals surface area (Å²) in [4.78, 5) is 11.3. The van der Waals surface area contributed by atoms with E-state index in [-0.39, 0.29) is 10.2 Å². The maximum absolute atomic E-state index is 12.7. The normalized spacial score (nSPS) is 11.5. The van der Waals surface area contributed by atoms with Crippen molar-refractivity contribution in [3.63, 3.8) is 0 Å². The third-order valence-corrected chi connectivity index (χ3v) is 2.28. The first-order valence-corrected chi connectivity index (χ1v) is 4.84. The number of carbonyl (C=O) groups is 1. The van der Waals surface area contributed by atoms with Crippen molar-refractivity contribution in [1.29, 1.82) is 0 Å². The average molecular weight is 283 g/mol. The van der Waals surface area contributed by atoms with E-state index in [0.717, 1.165) is 0 Å². The zero-order valence-corrected chi connectivity index (χ0v) is 9.18. The minimum absolute atomic E-state index is 0.169. The number of nitrogens with one attached hydrogen (secondary N) is 1. The monoisotopic (exact) mass is 282 g/mol. The van der Waals surface area contributed by atoms with Gasteiger partial charge in [0.1, 0.15) is 0 Å². The highest BCUT2D eigenvalue weighted by molar-refractivity contribution is 9.10. The van der Waals surface area contributed by atoms with Crippen LogP contribution in [0.1, 0.15) is 10.4 Å². The lowest BCUT2D eigenvalue weighted by atomic mass is 10.3. The molecule has 15 heavy (non-hydrogen) atoms. The van der Waals surface area contributed by atoms with Gasteiger partial charge in [0.2, 0.25) is 0 Å². The van der Waals surface area contributed by atoms with Gasteiger partial charge < -0.3 is 15.5 Å². The van der Waals surface area contributed by atoms with Gasteiger partial charge in [0.25, 0.3) is 11.8 Å². The van der Waals surface area contributed by atoms with Crippen molar-refractivity contribution in [3.8, 4) is 0 Å². The van der Waals surface area contributed by atoms with E-state index in [2.05, 4.69) is 21.2 Å². The minimum atomic E-state index is -3.09. The number of nitrogens with two attached hydrogens (primary N) is 1. The highest BCUT2D eigenvalue weighted by Gasteiger charge is 2.27. The van der Waals surface area contributed by atoms with Crippen LogP contribution in [-0.4, -0.2) is 24.9 Å². The fraction of sp³-hybridized carbons (Fsp3) is 0.375. The summed E-state index contributed by atoms with van der Waals surface area (Å²) in [7, 11) is 0. The zero-order valence-electron chi connectivity index (χ0n) is 7.60. The lowest BCUT2D eigenvalue weighted by Crippen LogP contribution is -2.41. The maximum Gasteiger partial charge on any atom is 0.277 e. The Morgan fingerprint density at radius 3 is 2.80 bits per heavy atom. The fourth-order valence-electron chi connectivity index (χ4n) is 0.833. The van der Waals surface area contributed by atoms with Gasteiger partial charge in [0.05, 0.1) is 24.9 Å². The molecule has 4 nitrogen and oxygen atoms in total. The van der Waals surface area contributed by atoms with Gasteiger partial charge in [0.15, 0.2) is 4.67 Å². The van der Waals surface area contributed by atoms with E-state index in [1.165, 1.54) is 12.3 Å². The summed E-state index contributed by atoms with van der Waals surface area (Å²) in [5.41, 5.74) is 4.98. The molecule has 1 aromatic heterocycles. The lowest BCUT2D eigenvalue weighted by Gasteiger charge is -2.13. The van der Waals surface area contributed by atoms with Crippen molar-refractivity contribution in [2.24, 2.45) is 5.73 Å². The summed E-state index contributed by atoms with van der Waals surface area (Å²) in [6.07, 6.45) is 1.28. The summed E-state index contributed by atoms with van der Waals surface area (Å²) in [6.45, 7) is -1.60. The highest BCUT2D eigenvalue weighted by atomic mass is 79.9. The Morgan fingerprint density at radius 1 is 1.67 bits per heavy atom. The first-order valence-electron chi connectivity index (χ1n) is 4.05. The molecule has 0 fully saturated rings. The molecule has 1 heterocycles. The SMILES string of the molecule is NCC(F)(F)CNC(=O)c1ccoc1Br. The molecule has 1 amide bonds. The number of carbonyl (C=O) groups excluding carboxylic acids is 1. The van der Waals surface area contributed by atoms with Crippen molar-refractivity contribution in [2.75, 3.05) is 13.1 Å². The molecule has 1 aromatic rings. The van der Waals surface area contributed by atoms with Crippen molar-refractivity contribution in [2.45, 2.75) is 5.92 Å². The molecule has 7 heteroatoms. The van der Waals surface area contributed by atoms with E-state index in [0.29, 0.717) is 0 Å². The number of amides is 1. The van der Waals surface area contributed by atoms with Gasteiger partial charge in [-0.3, -0.25) is 4.79 Å². The number of rotatable bonds is 4. The Kier molecular flexibility index (Phi) is 3.81. The van der Waals surface area contributed by atoms with Gasteiger partial charge in [-0.05, 0) is 22.0 Å². The molecule has 0 atom stereocenters. The summed E-state index contributed by atoms with van der Waals surface area (Å²) >= 11 is 2.96. The van der Waals surface area contributed by atoms with Crippen LogP contribution >= 0.6 is 15.9 Å². The quantitative estimate of drug-likeness (QED) is 0.876. The zero-order chi connectivity index (χ0) is 11.5. The molecule has 3 N–H and O–H groups in total. The van der Waals surface area contributed by atoms with Gasteiger partial charge in [-0.15, -0.1) is 0 Å². The van der Waals surface area contributed by atoms with E-state index in [1.54, 1.807) is 0 Å².